The molecular formula is C17H22N6O3. The zero-order chi connectivity index (χ0) is 18.7. The number of hydrogen-bond acceptors (Lipinski definition) is 6. The summed E-state index contributed by atoms with van der Waals surface area (Å²) in [5.74, 6) is 1.45. The third-order valence-corrected chi connectivity index (χ3v) is 4.51. The molecule has 3 rings (SSSR count). The highest BCUT2D eigenvalue weighted by molar-refractivity contribution is 5.77. The molecule has 0 aliphatic carbocycles. The Morgan fingerprint density at radius 2 is 2.15 bits per heavy atom. The molecule has 1 aliphatic rings. The molecule has 1 fully saturated rings. The van der Waals surface area contributed by atoms with Crippen molar-refractivity contribution in [1.29, 1.82) is 0 Å². The molecule has 3 N–H and O–H groups in total. The molecular weight excluding hydrogens is 336 g/mol. The molecule has 0 bridgehead atoms. The molecule has 3 heterocycles. The number of likely N-dealkylation sites (tertiary alicyclic amines) is 1. The number of H-pyrrole nitrogens is 2. The number of nitrogens with one attached hydrogen (secondary N) is 3. The highest BCUT2D eigenvalue weighted by Gasteiger charge is 2.26. The van der Waals surface area contributed by atoms with Crippen LogP contribution in [0.5, 0.6) is 0 Å². The molecule has 0 radical (unpaired) electrons. The van der Waals surface area contributed by atoms with E-state index in [4.69, 9.17) is 0 Å². The number of nitrogens with zero attached hydrogens (tertiary/aromatic N) is 3. The number of carbonyl (C=O) groups is 1. The first-order valence-corrected chi connectivity index (χ1v) is 8.58. The van der Waals surface area contributed by atoms with Crippen molar-refractivity contribution in [3.05, 3.63) is 50.2 Å². The van der Waals surface area contributed by atoms with Crippen LogP contribution in [0.2, 0.25) is 0 Å². The molecule has 1 unspecified atom stereocenters. The first-order valence-electron chi connectivity index (χ1n) is 8.58. The van der Waals surface area contributed by atoms with Gasteiger partial charge in [0.15, 0.2) is 0 Å². The van der Waals surface area contributed by atoms with Gasteiger partial charge in [-0.05, 0) is 32.8 Å². The second-order valence-corrected chi connectivity index (χ2v) is 6.47. The first-order chi connectivity index (χ1) is 12.4. The van der Waals surface area contributed by atoms with Crippen molar-refractivity contribution in [2.24, 2.45) is 0 Å². The number of amides is 1. The smallest absolute Gasteiger partial charge is 0.325 e. The number of aromatic amines is 2. The number of carbonyl (C=O) groups excluding carboxylic acids is 1. The van der Waals surface area contributed by atoms with Gasteiger partial charge in [-0.25, -0.2) is 14.8 Å². The fraction of sp³-hybridized carbons (Fsp3) is 0.471. The second kappa shape index (κ2) is 7.51. The van der Waals surface area contributed by atoms with Crippen LogP contribution in [0.4, 0.5) is 5.82 Å². The van der Waals surface area contributed by atoms with Gasteiger partial charge in [0.1, 0.15) is 11.6 Å². The Kier molecular flexibility index (Phi) is 5.15. The number of aromatic nitrogens is 4. The van der Waals surface area contributed by atoms with Gasteiger partial charge in [-0.2, -0.15) is 0 Å². The lowest BCUT2D eigenvalue weighted by Gasteiger charge is -2.17. The van der Waals surface area contributed by atoms with Crippen LogP contribution in [0.15, 0.2) is 21.9 Å². The summed E-state index contributed by atoms with van der Waals surface area (Å²) in [7, 11) is 0. The average molecular weight is 358 g/mol. The van der Waals surface area contributed by atoms with E-state index in [0.717, 1.165) is 12.2 Å². The van der Waals surface area contributed by atoms with Crippen LogP contribution in [0.25, 0.3) is 0 Å². The van der Waals surface area contributed by atoms with Crippen LogP contribution < -0.4 is 16.6 Å². The molecule has 138 valence electrons. The van der Waals surface area contributed by atoms with Crippen molar-refractivity contribution >= 4 is 11.7 Å². The summed E-state index contributed by atoms with van der Waals surface area (Å²) in [6.07, 6.45) is 3.07. The van der Waals surface area contributed by atoms with Crippen LogP contribution in [-0.2, 0) is 11.2 Å². The highest BCUT2D eigenvalue weighted by Crippen LogP contribution is 2.16. The Morgan fingerprint density at radius 1 is 1.35 bits per heavy atom. The quantitative estimate of drug-likeness (QED) is 0.697. The summed E-state index contributed by atoms with van der Waals surface area (Å²) in [5.41, 5.74) is -0.00920. The maximum Gasteiger partial charge on any atom is 0.325 e. The standard InChI is InChI=1S/C17H22N6O3/c1-10-13(16(25)22-17(26)19-10)3-4-15(24)23-8-6-12(9-23)21-14-5-7-18-11(2)20-14/h5,7,12H,3-4,6,8-9H2,1-2H3,(H,18,20,21)(H2,19,22,25,26). The van der Waals surface area contributed by atoms with E-state index in [1.54, 1.807) is 18.0 Å². The lowest BCUT2D eigenvalue weighted by molar-refractivity contribution is -0.130. The monoisotopic (exact) mass is 358 g/mol. The predicted octanol–water partition coefficient (Wildman–Crippen LogP) is 0.116. The number of anilines is 1. The van der Waals surface area contributed by atoms with Gasteiger partial charge in [0, 0.05) is 43.0 Å². The predicted molar refractivity (Wildman–Crippen MR) is 96.1 cm³/mol. The van der Waals surface area contributed by atoms with E-state index in [0.29, 0.717) is 36.6 Å². The van der Waals surface area contributed by atoms with Gasteiger partial charge in [0.25, 0.3) is 5.56 Å². The Hall–Kier alpha value is -2.97. The molecule has 1 aliphatic heterocycles. The molecule has 0 saturated carbocycles. The summed E-state index contributed by atoms with van der Waals surface area (Å²) >= 11 is 0. The fourth-order valence-electron chi connectivity index (χ4n) is 3.17. The molecule has 2 aromatic heterocycles. The van der Waals surface area contributed by atoms with Gasteiger partial charge >= 0.3 is 5.69 Å². The van der Waals surface area contributed by atoms with Crippen molar-refractivity contribution < 1.29 is 4.79 Å². The van der Waals surface area contributed by atoms with Gasteiger partial charge in [0.2, 0.25) is 5.91 Å². The molecule has 9 heteroatoms. The molecule has 1 amide bonds. The number of aryl methyl sites for hydroxylation is 2. The maximum atomic E-state index is 12.4. The maximum absolute atomic E-state index is 12.4. The van der Waals surface area contributed by atoms with Crippen LogP contribution in [-0.4, -0.2) is 49.9 Å². The van der Waals surface area contributed by atoms with E-state index in [1.165, 1.54) is 0 Å². The number of rotatable bonds is 5. The third-order valence-electron chi connectivity index (χ3n) is 4.51. The minimum absolute atomic E-state index is 0.00170. The zero-order valence-electron chi connectivity index (χ0n) is 14.8. The lowest BCUT2D eigenvalue weighted by Crippen LogP contribution is -2.33. The van der Waals surface area contributed by atoms with Crippen LogP contribution in [0, 0.1) is 13.8 Å². The lowest BCUT2D eigenvalue weighted by atomic mass is 10.1. The summed E-state index contributed by atoms with van der Waals surface area (Å²) < 4.78 is 0. The number of hydrogen-bond donors (Lipinski definition) is 3. The first kappa shape index (κ1) is 17.8. The fourth-order valence-corrected chi connectivity index (χ4v) is 3.17. The van der Waals surface area contributed by atoms with E-state index in [1.807, 2.05) is 13.0 Å². The van der Waals surface area contributed by atoms with Crippen molar-refractivity contribution in [2.75, 3.05) is 18.4 Å². The van der Waals surface area contributed by atoms with Gasteiger partial charge < -0.3 is 15.2 Å². The molecule has 1 atom stereocenters. The summed E-state index contributed by atoms with van der Waals surface area (Å²) in [5, 5.41) is 3.33. The van der Waals surface area contributed by atoms with E-state index in [-0.39, 0.29) is 18.4 Å². The summed E-state index contributed by atoms with van der Waals surface area (Å²) in [4.78, 5) is 50.4. The molecule has 9 nitrogen and oxygen atoms in total. The van der Waals surface area contributed by atoms with Crippen LogP contribution in [0.1, 0.15) is 29.9 Å². The van der Waals surface area contributed by atoms with Gasteiger partial charge in [-0.15, -0.1) is 0 Å². The largest absolute Gasteiger partial charge is 0.365 e. The van der Waals surface area contributed by atoms with Gasteiger partial charge in [0.05, 0.1) is 0 Å². The topological polar surface area (TPSA) is 124 Å². The van der Waals surface area contributed by atoms with E-state index < -0.39 is 11.2 Å². The SMILES string of the molecule is Cc1nccc(NC2CCN(C(=O)CCc3c(C)[nH]c(=O)[nH]c3=O)C2)n1. The van der Waals surface area contributed by atoms with E-state index in [2.05, 4.69) is 25.3 Å². The Balaban J connectivity index is 1.55. The zero-order valence-corrected chi connectivity index (χ0v) is 14.8. The third kappa shape index (κ3) is 4.16. The normalized spacial score (nSPS) is 16.7. The van der Waals surface area contributed by atoms with Gasteiger partial charge in [-0.1, -0.05) is 0 Å². The van der Waals surface area contributed by atoms with E-state index >= 15 is 0 Å². The molecule has 1 saturated heterocycles. The van der Waals surface area contributed by atoms with Crippen LogP contribution >= 0.6 is 0 Å². The molecule has 0 spiro atoms. The second-order valence-electron chi connectivity index (χ2n) is 6.47. The minimum atomic E-state index is -0.531. The summed E-state index contributed by atoms with van der Waals surface area (Å²) in [6, 6.07) is 1.95. The highest BCUT2D eigenvalue weighted by atomic mass is 16.2. The Labute approximate surface area is 149 Å². The summed E-state index contributed by atoms with van der Waals surface area (Å²) in [6.45, 7) is 4.76. The molecule has 26 heavy (non-hydrogen) atoms. The van der Waals surface area contributed by atoms with Crippen molar-refractivity contribution in [1.82, 2.24) is 24.8 Å². The molecule has 2 aromatic rings. The average Bonchev–Trinajstić information content (AvgIpc) is 3.02. The van der Waals surface area contributed by atoms with Crippen molar-refractivity contribution in [3.63, 3.8) is 0 Å². The minimum Gasteiger partial charge on any atom is -0.365 e. The van der Waals surface area contributed by atoms with Crippen molar-refractivity contribution in [3.8, 4) is 0 Å². The van der Waals surface area contributed by atoms with Crippen LogP contribution in [0.3, 0.4) is 0 Å². The Bertz CT molecular complexity index is 919. The van der Waals surface area contributed by atoms with E-state index in [9.17, 15) is 14.4 Å². The Morgan fingerprint density at radius 3 is 2.88 bits per heavy atom. The van der Waals surface area contributed by atoms with Gasteiger partial charge in [-0.3, -0.25) is 14.6 Å². The van der Waals surface area contributed by atoms with Crippen molar-refractivity contribution in [2.45, 2.75) is 39.2 Å². The molecule has 0 aromatic carbocycles.